The highest BCUT2D eigenvalue weighted by molar-refractivity contribution is 5.89. The molecule has 0 radical (unpaired) electrons. The van der Waals surface area contributed by atoms with Crippen LogP contribution in [0, 0.1) is 0 Å². The van der Waals surface area contributed by atoms with Gasteiger partial charge in [-0.3, -0.25) is 0 Å². The first kappa shape index (κ1) is 18.8. The molecule has 2 amide bonds. The van der Waals surface area contributed by atoms with Gasteiger partial charge in [-0.1, -0.05) is 52.0 Å². The molecule has 0 aliphatic rings. The Balaban J connectivity index is 1.69. The number of hydrogen-bond acceptors (Lipinski definition) is 2. The molecule has 0 saturated heterocycles. The van der Waals surface area contributed by atoms with E-state index in [1.165, 1.54) is 11.1 Å². The molecule has 0 saturated carbocycles. The van der Waals surface area contributed by atoms with E-state index in [0.29, 0.717) is 25.0 Å². The lowest BCUT2D eigenvalue weighted by atomic mass is 10.0. The van der Waals surface area contributed by atoms with Crippen LogP contribution in [0.3, 0.4) is 0 Å². The molecule has 2 N–H and O–H groups in total. The van der Waals surface area contributed by atoms with Gasteiger partial charge in [0.2, 0.25) is 0 Å². The van der Waals surface area contributed by atoms with Crippen LogP contribution in [-0.4, -0.2) is 19.2 Å². The van der Waals surface area contributed by atoms with Crippen LogP contribution in [0.4, 0.5) is 10.5 Å². The standard InChI is InChI=1S/C21H28N2O2/c1-15(2)17-5-9-19(10-6-17)23-21(24)22-13-14-25-20-11-7-18(8-12-20)16(3)4/h5-12,15-16H,13-14H2,1-4H3,(H2,22,23,24). The van der Waals surface area contributed by atoms with Gasteiger partial charge in [0.25, 0.3) is 0 Å². The van der Waals surface area contributed by atoms with Gasteiger partial charge in [0.05, 0.1) is 6.54 Å². The topological polar surface area (TPSA) is 50.4 Å². The van der Waals surface area contributed by atoms with Crippen molar-refractivity contribution >= 4 is 11.7 Å². The number of benzene rings is 2. The van der Waals surface area contributed by atoms with E-state index in [1.807, 2.05) is 36.4 Å². The first-order chi connectivity index (χ1) is 12.0. The highest BCUT2D eigenvalue weighted by atomic mass is 16.5. The average Bonchev–Trinajstić information content (AvgIpc) is 2.59. The number of carbonyl (C=O) groups excluding carboxylic acids is 1. The van der Waals surface area contributed by atoms with Gasteiger partial charge in [-0.05, 0) is 47.2 Å². The molecule has 25 heavy (non-hydrogen) atoms. The Hall–Kier alpha value is -2.49. The highest BCUT2D eigenvalue weighted by Crippen LogP contribution is 2.18. The number of anilines is 1. The number of rotatable bonds is 7. The van der Waals surface area contributed by atoms with Gasteiger partial charge >= 0.3 is 6.03 Å². The summed E-state index contributed by atoms with van der Waals surface area (Å²) in [6.45, 7) is 9.49. The van der Waals surface area contributed by atoms with Gasteiger partial charge in [-0.25, -0.2) is 4.79 Å². The van der Waals surface area contributed by atoms with Crippen molar-refractivity contribution in [1.29, 1.82) is 0 Å². The third kappa shape index (κ3) is 6.14. The predicted molar refractivity (Wildman–Crippen MR) is 104 cm³/mol. The van der Waals surface area contributed by atoms with Crippen molar-refractivity contribution in [2.24, 2.45) is 0 Å². The van der Waals surface area contributed by atoms with E-state index in [2.05, 4.69) is 50.5 Å². The van der Waals surface area contributed by atoms with Crippen molar-refractivity contribution in [2.45, 2.75) is 39.5 Å². The zero-order valence-electron chi connectivity index (χ0n) is 15.5. The van der Waals surface area contributed by atoms with E-state index in [0.717, 1.165) is 11.4 Å². The van der Waals surface area contributed by atoms with E-state index in [9.17, 15) is 4.79 Å². The molecule has 2 aromatic rings. The highest BCUT2D eigenvalue weighted by Gasteiger charge is 2.03. The van der Waals surface area contributed by atoms with Crippen LogP contribution in [0.1, 0.15) is 50.7 Å². The molecule has 134 valence electrons. The fraction of sp³-hybridized carbons (Fsp3) is 0.381. The van der Waals surface area contributed by atoms with Gasteiger partial charge in [-0.15, -0.1) is 0 Å². The molecule has 0 spiro atoms. The number of urea groups is 1. The zero-order chi connectivity index (χ0) is 18.2. The SMILES string of the molecule is CC(C)c1ccc(NC(=O)NCCOc2ccc(C(C)C)cc2)cc1. The minimum Gasteiger partial charge on any atom is -0.492 e. The lowest BCUT2D eigenvalue weighted by Crippen LogP contribution is -2.32. The second-order valence-corrected chi connectivity index (χ2v) is 6.73. The maximum atomic E-state index is 11.9. The third-order valence-corrected chi connectivity index (χ3v) is 4.04. The minimum atomic E-state index is -0.226. The summed E-state index contributed by atoms with van der Waals surface area (Å²) in [7, 11) is 0. The van der Waals surface area contributed by atoms with Crippen molar-refractivity contribution in [1.82, 2.24) is 5.32 Å². The monoisotopic (exact) mass is 340 g/mol. The van der Waals surface area contributed by atoms with Crippen molar-refractivity contribution in [3.63, 3.8) is 0 Å². The van der Waals surface area contributed by atoms with Crippen LogP contribution < -0.4 is 15.4 Å². The Morgan fingerprint density at radius 1 is 0.880 bits per heavy atom. The molecular weight excluding hydrogens is 312 g/mol. The maximum Gasteiger partial charge on any atom is 0.319 e. The first-order valence-corrected chi connectivity index (χ1v) is 8.83. The fourth-order valence-corrected chi connectivity index (χ4v) is 2.41. The van der Waals surface area contributed by atoms with E-state index >= 15 is 0 Å². The summed E-state index contributed by atoms with van der Waals surface area (Å²) in [4.78, 5) is 11.9. The Bertz CT molecular complexity index is 661. The molecule has 4 nitrogen and oxygen atoms in total. The van der Waals surface area contributed by atoms with Crippen LogP contribution in [0.25, 0.3) is 0 Å². The van der Waals surface area contributed by atoms with E-state index in [4.69, 9.17) is 4.74 Å². The zero-order valence-corrected chi connectivity index (χ0v) is 15.5. The molecule has 0 bridgehead atoms. The number of ether oxygens (including phenoxy) is 1. The third-order valence-electron chi connectivity index (χ3n) is 4.04. The van der Waals surface area contributed by atoms with E-state index in [-0.39, 0.29) is 6.03 Å². The Morgan fingerprint density at radius 3 is 1.92 bits per heavy atom. The van der Waals surface area contributed by atoms with Gasteiger partial charge in [0.1, 0.15) is 12.4 Å². The summed E-state index contributed by atoms with van der Waals surface area (Å²) in [6, 6.07) is 15.7. The molecule has 0 fully saturated rings. The maximum absolute atomic E-state index is 11.9. The summed E-state index contributed by atoms with van der Waals surface area (Å²) in [5, 5.41) is 5.61. The van der Waals surface area contributed by atoms with Crippen molar-refractivity contribution in [3.05, 3.63) is 59.7 Å². The number of nitrogens with one attached hydrogen (secondary N) is 2. The molecule has 0 aromatic heterocycles. The summed E-state index contributed by atoms with van der Waals surface area (Å²) in [5.74, 6) is 1.81. The Labute approximate surface area is 150 Å². The summed E-state index contributed by atoms with van der Waals surface area (Å²) >= 11 is 0. The summed E-state index contributed by atoms with van der Waals surface area (Å²) < 4.78 is 5.64. The van der Waals surface area contributed by atoms with Gasteiger partial charge in [0.15, 0.2) is 0 Å². The Kier molecular flexibility index (Phi) is 6.87. The van der Waals surface area contributed by atoms with Crippen LogP contribution >= 0.6 is 0 Å². The van der Waals surface area contributed by atoms with Gasteiger partial charge in [0, 0.05) is 5.69 Å². The second kappa shape index (κ2) is 9.11. The molecule has 0 unspecified atom stereocenters. The number of hydrogen-bond donors (Lipinski definition) is 2. The molecule has 0 atom stereocenters. The van der Waals surface area contributed by atoms with E-state index in [1.54, 1.807) is 0 Å². The summed E-state index contributed by atoms with van der Waals surface area (Å²) in [5.41, 5.74) is 3.32. The van der Waals surface area contributed by atoms with Gasteiger partial charge < -0.3 is 15.4 Å². The number of carbonyl (C=O) groups is 1. The van der Waals surface area contributed by atoms with Crippen molar-refractivity contribution < 1.29 is 9.53 Å². The van der Waals surface area contributed by atoms with Crippen LogP contribution in [-0.2, 0) is 0 Å². The predicted octanol–water partition coefficient (Wildman–Crippen LogP) is 5.13. The molecule has 2 aromatic carbocycles. The largest absolute Gasteiger partial charge is 0.492 e. The first-order valence-electron chi connectivity index (χ1n) is 8.83. The fourth-order valence-electron chi connectivity index (χ4n) is 2.41. The average molecular weight is 340 g/mol. The van der Waals surface area contributed by atoms with Crippen LogP contribution in [0.15, 0.2) is 48.5 Å². The van der Waals surface area contributed by atoms with Crippen LogP contribution in [0.5, 0.6) is 5.75 Å². The summed E-state index contributed by atoms with van der Waals surface area (Å²) in [6.07, 6.45) is 0. The molecule has 0 aliphatic carbocycles. The van der Waals surface area contributed by atoms with Crippen molar-refractivity contribution in [3.8, 4) is 5.75 Å². The number of amides is 2. The normalized spacial score (nSPS) is 10.8. The van der Waals surface area contributed by atoms with Crippen LogP contribution in [0.2, 0.25) is 0 Å². The van der Waals surface area contributed by atoms with Gasteiger partial charge in [-0.2, -0.15) is 0 Å². The smallest absolute Gasteiger partial charge is 0.319 e. The quantitative estimate of drug-likeness (QED) is 0.686. The molecule has 0 aliphatic heterocycles. The molecule has 2 rings (SSSR count). The van der Waals surface area contributed by atoms with Crippen molar-refractivity contribution in [2.75, 3.05) is 18.5 Å². The lowest BCUT2D eigenvalue weighted by Gasteiger charge is -2.11. The molecular formula is C21H28N2O2. The molecule has 4 heteroatoms. The lowest BCUT2D eigenvalue weighted by molar-refractivity contribution is 0.247. The second-order valence-electron chi connectivity index (χ2n) is 6.73. The minimum absolute atomic E-state index is 0.226. The molecule has 0 heterocycles. The van der Waals surface area contributed by atoms with E-state index < -0.39 is 0 Å². The Morgan fingerprint density at radius 2 is 1.40 bits per heavy atom.